The lowest BCUT2D eigenvalue weighted by molar-refractivity contribution is -0.133. The van der Waals surface area contributed by atoms with Gasteiger partial charge in [0.2, 0.25) is 5.91 Å². The van der Waals surface area contributed by atoms with Crippen molar-refractivity contribution in [2.45, 2.75) is 59.0 Å². The number of H-pyrrole nitrogens is 1. The molecule has 6 nitrogen and oxygen atoms in total. The summed E-state index contributed by atoms with van der Waals surface area (Å²) in [7, 11) is 1.75. The number of aromatic nitrogens is 2. The Morgan fingerprint density at radius 3 is 2.39 bits per heavy atom. The normalized spacial score (nSPS) is 13.6. The number of benzene rings is 1. The minimum atomic E-state index is -0.576. The molecule has 1 aromatic heterocycles. The number of likely N-dealkylation sites (N-methyl/N-ethyl adjacent to an activating group) is 1. The van der Waals surface area contributed by atoms with Crippen LogP contribution >= 0.6 is 0 Å². The van der Waals surface area contributed by atoms with Crippen molar-refractivity contribution in [3.05, 3.63) is 53.3 Å². The molecule has 6 heteroatoms. The molecule has 0 saturated heterocycles. The van der Waals surface area contributed by atoms with Crippen LogP contribution in [0.5, 0.6) is 0 Å². The van der Waals surface area contributed by atoms with E-state index in [4.69, 9.17) is 0 Å². The van der Waals surface area contributed by atoms with Gasteiger partial charge in [0.05, 0.1) is 17.9 Å². The quantitative estimate of drug-likeness (QED) is 0.767. The van der Waals surface area contributed by atoms with Gasteiger partial charge in [-0.15, -0.1) is 0 Å². The number of carbonyl (C=O) groups excluding carboxylic acids is 2. The van der Waals surface area contributed by atoms with Crippen molar-refractivity contribution in [2.75, 3.05) is 7.05 Å². The molecule has 2 amide bonds. The third-order valence-electron chi connectivity index (χ3n) is 4.98. The summed E-state index contributed by atoms with van der Waals surface area (Å²) in [5, 5.41) is 10.3. The summed E-state index contributed by atoms with van der Waals surface area (Å²) in [6, 6.07) is 10.4. The van der Waals surface area contributed by atoms with Crippen LogP contribution in [0.15, 0.2) is 36.4 Å². The fourth-order valence-corrected chi connectivity index (χ4v) is 2.89. The van der Waals surface area contributed by atoms with Gasteiger partial charge in [-0.05, 0) is 24.1 Å². The fraction of sp³-hybridized carbons (Fsp3) is 0.500. The molecule has 0 aliphatic heterocycles. The maximum atomic E-state index is 13.1. The van der Waals surface area contributed by atoms with Crippen molar-refractivity contribution >= 4 is 11.8 Å². The second-order valence-electron chi connectivity index (χ2n) is 8.43. The Morgan fingerprint density at radius 2 is 1.86 bits per heavy atom. The van der Waals surface area contributed by atoms with Crippen molar-refractivity contribution in [3.63, 3.8) is 0 Å². The third-order valence-corrected chi connectivity index (χ3v) is 4.98. The van der Waals surface area contributed by atoms with Crippen LogP contribution in [0, 0.1) is 5.92 Å². The molecule has 2 atom stereocenters. The number of nitrogens with one attached hydrogen (secondary N) is 2. The number of rotatable bonds is 7. The topological polar surface area (TPSA) is 78.1 Å². The zero-order valence-electron chi connectivity index (χ0n) is 17.7. The van der Waals surface area contributed by atoms with Gasteiger partial charge < -0.3 is 10.2 Å². The van der Waals surface area contributed by atoms with Gasteiger partial charge in [-0.2, -0.15) is 5.10 Å². The molecule has 0 radical (unpaired) electrons. The lowest BCUT2D eigenvalue weighted by Gasteiger charge is -2.28. The Balaban J connectivity index is 2.11. The van der Waals surface area contributed by atoms with Crippen LogP contribution in [0.2, 0.25) is 0 Å². The van der Waals surface area contributed by atoms with Crippen LogP contribution in [0.1, 0.15) is 62.8 Å². The summed E-state index contributed by atoms with van der Waals surface area (Å²) in [6.45, 7) is 10.7. The highest BCUT2D eigenvalue weighted by Gasteiger charge is 2.29. The predicted octanol–water partition coefficient (Wildman–Crippen LogP) is 3.51. The highest BCUT2D eigenvalue weighted by molar-refractivity contribution is 5.97. The number of aromatic amines is 1. The van der Waals surface area contributed by atoms with Gasteiger partial charge in [0.1, 0.15) is 6.04 Å². The Morgan fingerprint density at radius 1 is 1.21 bits per heavy atom. The van der Waals surface area contributed by atoms with Crippen molar-refractivity contribution in [3.8, 4) is 0 Å². The highest BCUT2D eigenvalue weighted by atomic mass is 16.2. The van der Waals surface area contributed by atoms with Gasteiger partial charge in [0.25, 0.3) is 5.91 Å². The molecule has 0 aliphatic carbocycles. The second kappa shape index (κ2) is 9.04. The van der Waals surface area contributed by atoms with Crippen LogP contribution in [-0.2, 0) is 16.8 Å². The Kier molecular flexibility index (Phi) is 7.00. The molecule has 0 aliphatic rings. The van der Waals surface area contributed by atoms with E-state index in [-0.39, 0.29) is 23.1 Å². The van der Waals surface area contributed by atoms with Crippen LogP contribution in [0.25, 0.3) is 0 Å². The van der Waals surface area contributed by atoms with Crippen LogP contribution in [0.4, 0.5) is 0 Å². The van der Waals surface area contributed by atoms with E-state index >= 15 is 0 Å². The first-order valence-corrected chi connectivity index (χ1v) is 9.79. The number of hydrogen-bond acceptors (Lipinski definition) is 3. The fourth-order valence-electron chi connectivity index (χ4n) is 2.89. The van der Waals surface area contributed by atoms with E-state index in [1.807, 2.05) is 38.1 Å². The number of nitrogens with zero attached hydrogens (tertiary/aromatic N) is 2. The molecule has 0 saturated carbocycles. The minimum absolute atomic E-state index is 0.0227. The van der Waals surface area contributed by atoms with Gasteiger partial charge in [0, 0.05) is 18.0 Å². The van der Waals surface area contributed by atoms with Crippen molar-refractivity contribution in [1.82, 2.24) is 20.4 Å². The van der Waals surface area contributed by atoms with Gasteiger partial charge in [-0.1, -0.05) is 59.2 Å². The highest BCUT2D eigenvalue weighted by Crippen LogP contribution is 2.21. The first-order valence-electron chi connectivity index (χ1n) is 9.79. The predicted molar refractivity (Wildman–Crippen MR) is 111 cm³/mol. The van der Waals surface area contributed by atoms with Gasteiger partial charge >= 0.3 is 0 Å². The Bertz CT molecular complexity index is 792. The second-order valence-corrected chi connectivity index (χ2v) is 8.43. The number of amides is 2. The summed E-state index contributed by atoms with van der Waals surface area (Å²) in [5.74, 6) is -0.315. The van der Waals surface area contributed by atoms with Crippen LogP contribution in [0.3, 0.4) is 0 Å². The monoisotopic (exact) mass is 384 g/mol. The number of hydrogen-bond donors (Lipinski definition) is 2. The van der Waals surface area contributed by atoms with E-state index in [0.717, 1.165) is 17.8 Å². The molecule has 0 bridgehead atoms. The standard InChI is InChI=1S/C22H32N4O2/c1-7-15(2)19(23-20(27)16-11-9-8-10-12-16)21(28)26(6)14-17-13-18(25-24-17)22(3,4)5/h8-13,15,19H,7,14H2,1-6H3,(H,23,27)(H,24,25)/t15-,19+/m1/s1. The van der Waals surface area contributed by atoms with Gasteiger partial charge in [-0.25, -0.2) is 0 Å². The van der Waals surface area contributed by atoms with Gasteiger partial charge in [-0.3, -0.25) is 14.7 Å². The van der Waals surface area contributed by atoms with E-state index in [0.29, 0.717) is 12.1 Å². The molecule has 0 fully saturated rings. The van der Waals surface area contributed by atoms with Crippen molar-refractivity contribution < 1.29 is 9.59 Å². The maximum Gasteiger partial charge on any atom is 0.251 e. The molecule has 2 aromatic rings. The minimum Gasteiger partial charge on any atom is -0.340 e. The summed E-state index contributed by atoms with van der Waals surface area (Å²) >= 11 is 0. The summed E-state index contributed by atoms with van der Waals surface area (Å²) in [6.07, 6.45) is 0.789. The Labute approximate surface area is 167 Å². The third kappa shape index (κ3) is 5.44. The number of carbonyl (C=O) groups is 2. The maximum absolute atomic E-state index is 13.1. The van der Waals surface area contributed by atoms with Crippen LogP contribution in [-0.4, -0.2) is 40.0 Å². The summed E-state index contributed by atoms with van der Waals surface area (Å²) in [5.41, 5.74) is 2.33. The molecule has 2 N–H and O–H groups in total. The zero-order valence-corrected chi connectivity index (χ0v) is 17.7. The van der Waals surface area contributed by atoms with E-state index in [9.17, 15) is 9.59 Å². The average molecular weight is 385 g/mol. The molecule has 0 unspecified atom stereocenters. The average Bonchev–Trinajstić information content (AvgIpc) is 3.14. The molecule has 152 valence electrons. The molecule has 2 rings (SSSR count). The SMILES string of the molecule is CC[C@@H](C)[C@H](NC(=O)c1ccccc1)C(=O)N(C)Cc1cc(C(C)(C)C)n[nH]1. The summed E-state index contributed by atoms with van der Waals surface area (Å²) in [4.78, 5) is 27.3. The zero-order chi connectivity index (χ0) is 20.9. The lowest BCUT2D eigenvalue weighted by Crippen LogP contribution is -2.50. The molecule has 28 heavy (non-hydrogen) atoms. The molecular weight excluding hydrogens is 352 g/mol. The smallest absolute Gasteiger partial charge is 0.251 e. The molecule has 1 heterocycles. The van der Waals surface area contributed by atoms with Gasteiger partial charge in [0.15, 0.2) is 0 Å². The van der Waals surface area contributed by atoms with Crippen molar-refractivity contribution in [2.24, 2.45) is 5.92 Å². The first-order chi connectivity index (χ1) is 13.1. The van der Waals surface area contributed by atoms with E-state index in [1.165, 1.54) is 0 Å². The first kappa shape index (κ1) is 21.7. The van der Waals surface area contributed by atoms with E-state index in [2.05, 4.69) is 36.3 Å². The molecule has 1 aromatic carbocycles. The Hall–Kier alpha value is -2.63. The van der Waals surface area contributed by atoms with E-state index < -0.39 is 6.04 Å². The largest absolute Gasteiger partial charge is 0.340 e. The summed E-state index contributed by atoms with van der Waals surface area (Å²) < 4.78 is 0. The van der Waals surface area contributed by atoms with E-state index in [1.54, 1.807) is 24.1 Å². The van der Waals surface area contributed by atoms with Crippen molar-refractivity contribution in [1.29, 1.82) is 0 Å². The molecule has 0 spiro atoms. The van der Waals surface area contributed by atoms with Crippen LogP contribution < -0.4 is 5.32 Å². The lowest BCUT2D eigenvalue weighted by atomic mass is 9.92. The molecular formula is C22H32N4O2.